The van der Waals surface area contributed by atoms with E-state index in [1.807, 2.05) is 0 Å². The van der Waals surface area contributed by atoms with Crippen molar-refractivity contribution >= 4 is 0 Å². The van der Waals surface area contributed by atoms with Gasteiger partial charge >= 0.3 is 0 Å². The second kappa shape index (κ2) is 3.83. The zero-order valence-electron chi connectivity index (χ0n) is 7.38. The molecule has 4 heteroatoms. The molecule has 14 heavy (non-hydrogen) atoms. The number of ether oxygens (including phenoxy) is 1. The van der Waals surface area contributed by atoms with Gasteiger partial charge in [-0.1, -0.05) is 17.3 Å². The Morgan fingerprint density at radius 3 is 2.71 bits per heavy atom. The van der Waals surface area contributed by atoms with Crippen molar-refractivity contribution in [1.29, 1.82) is 0 Å². The van der Waals surface area contributed by atoms with Gasteiger partial charge < -0.3 is 14.4 Å². The molecule has 0 saturated carbocycles. The molecule has 0 atom stereocenters. The number of hydrogen-bond acceptors (Lipinski definition) is 4. The zero-order valence-corrected chi connectivity index (χ0v) is 7.38. The van der Waals surface area contributed by atoms with E-state index >= 15 is 0 Å². The first-order valence-corrected chi connectivity index (χ1v) is 4.15. The summed E-state index contributed by atoms with van der Waals surface area (Å²) in [6.07, 6.45) is 2.93. The SMILES string of the molecule is Oc1ccc(COc2cnoc2)cc1. The van der Waals surface area contributed by atoms with Gasteiger partial charge in [0, 0.05) is 0 Å². The van der Waals surface area contributed by atoms with Crippen molar-refractivity contribution in [3.05, 3.63) is 42.3 Å². The summed E-state index contributed by atoms with van der Waals surface area (Å²) in [6.45, 7) is 0.432. The smallest absolute Gasteiger partial charge is 0.179 e. The first kappa shape index (κ1) is 8.62. The van der Waals surface area contributed by atoms with Gasteiger partial charge in [-0.05, 0) is 17.7 Å². The monoisotopic (exact) mass is 191 g/mol. The van der Waals surface area contributed by atoms with Crippen LogP contribution in [-0.2, 0) is 6.61 Å². The summed E-state index contributed by atoms with van der Waals surface area (Å²) in [4.78, 5) is 0. The Morgan fingerprint density at radius 1 is 1.29 bits per heavy atom. The van der Waals surface area contributed by atoms with Crippen LogP contribution in [0.5, 0.6) is 11.5 Å². The van der Waals surface area contributed by atoms with Gasteiger partial charge in [0.15, 0.2) is 12.0 Å². The Hall–Kier alpha value is -1.97. The average molecular weight is 191 g/mol. The topological polar surface area (TPSA) is 55.5 Å². The fraction of sp³-hybridized carbons (Fsp3) is 0.100. The minimum Gasteiger partial charge on any atom is -0.508 e. The average Bonchev–Trinajstić information content (AvgIpc) is 2.70. The first-order chi connectivity index (χ1) is 6.84. The molecule has 0 fully saturated rings. The van der Waals surface area contributed by atoms with E-state index in [9.17, 15) is 0 Å². The molecule has 1 aromatic heterocycles. The Bertz CT molecular complexity index is 380. The summed E-state index contributed by atoms with van der Waals surface area (Å²) < 4.78 is 9.94. The molecule has 0 unspecified atom stereocenters. The van der Waals surface area contributed by atoms with Crippen molar-refractivity contribution in [1.82, 2.24) is 5.16 Å². The predicted molar refractivity (Wildman–Crippen MR) is 48.9 cm³/mol. The summed E-state index contributed by atoms with van der Waals surface area (Å²) in [6, 6.07) is 6.82. The lowest BCUT2D eigenvalue weighted by Crippen LogP contribution is -1.93. The first-order valence-electron chi connectivity index (χ1n) is 4.15. The number of benzene rings is 1. The Kier molecular flexibility index (Phi) is 2.36. The molecule has 1 aromatic carbocycles. The van der Waals surface area contributed by atoms with Crippen LogP contribution in [0.15, 0.2) is 41.2 Å². The van der Waals surface area contributed by atoms with Crippen molar-refractivity contribution in [3.8, 4) is 11.5 Å². The second-order valence-electron chi connectivity index (χ2n) is 2.82. The van der Waals surface area contributed by atoms with Crippen LogP contribution < -0.4 is 4.74 Å². The lowest BCUT2D eigenvalue weighted by Gasteiger charge is -2.02. The molecule has 2 rings (SSSR count). The molecule has 4 nitrogen and oxygen atoms in total. The van der Waals surface area contributed by atoms with Crippen molar-refractivity contribution in [3.63, 3.8) is 0 Å². The van der Waals surface area contributed by atoms with Crippen molar-refractivity contribution in [2.45, 2.75) is 6.61 Å². The van der Waals surface area contributed by atoms with Gasteiger partial charge in [0.1, 0.15) is 18.6 Å². The van der Waals surface area contributed by atoms with Crippen LogP contribution in [0, 0.1) is 0 Å². The van der Waals surface area contributed by atoms with E-state index in [1.165, 1.54) is 12.5 Å². The zero-order chi connectivity index (χ0) is 9.80. The van der Waals surface area contributed by atoms with Crippen LogP contribution in [0.3, 0.4) is 0 Å². The molecule has 0 aliphatic rings. The van der Waals surface area contributed by atoms with E-state index in [1.54, 1.807) is 24.3 Å². The van der Waals surface area contributed by atoms with E-state index < -0.39 is 0 Å². The molecule has 2 aromatic rings. The minimum atomic E-state index is 0.249. The summed E-state index contributed by atoms with van der Waals surface area (Å²) >= 11 is 0. The normalized spacial score (nSPS) is 10.0. The number of aromatic hydroxyl groups is 1. The van der Waals surface area contributed by atoms with E-state index in [0.29, 0.717) is 12.4 Å². The minimum absolute atomic E-state index is 0.249. The fourth-order valence-electron chi connectivity index (χ4n) is 1.03. The molecule has 0 saturated heterocycles. The third-order valence-electron chi connectivity index (χ3n) is 1.75. The van der Waals surface area contributed by atoms with Crippen molar-refractivity contribution in [2.75, 3.05) is 0 Å². The molecule has 72 valence electrons. The van der Waals surface area contributed by atoms with Crippen LogP contribution in [0.1, 0.15) is 5.56 Å². The van der Waals surface area contributed by atoms with Crippen molar-refractivity contribution in [2.24, 2.45) is 0 Å². The lowest BCUT2D eigenvalue weighted by atomic mass is 10.2. The molecule has 0 radical (unpaired) electrons. The molecule has 0 amide bonds. The van der Waals surface area contributed by atoms with Crippen LogP contribution in [0.25, 0.3) is 0 Å². The third kappa shape index (κ3) is 2.04. The number of aromatic nitrogens is 1. The molecule has 0 aliphatic heterocycles. The second-order valence-corrected chi connectivity index (χ2v) is 2.82. The molecular weight excluding hydrogens is 182 g/mol. The highest BCUT2D eigenvalue weighted by Crippen LogP contribution is 2.13. The van der Waals surface area contributed by atoms with Gasteiger partial charge in [-0.25, -0.2) is 0 Å². The summed E-state index contributed by atoms with van der Waals surface area (Å²) in [5.41, 5.74) is 0.976. The predicted octanol–water partition coefficient (Wildman–Crippen LogP) is 1.96. The molecule has 0 spiro atoms. The van der Waals surface area contributed by atoms with E-state index in [2.05, 4.69) is 9.68 Å². The largest absolute Gasteiger partial charge is 0.508 e. The van der Waals surface area contributed by atoms with E-state index in [4.69, 9.17) is 9.84 Å². The highest BCUT2D eigenvalue weighted by molar-refractivity contribution is 5.25. The van der Waals surface area contributed by atoms with E-state index in [-0.39, 0.29) is 5.75 Å². The van der Waals surface area contributed by atoms with Gasteiger partial charge in [-0.15, -0.1) is 0 Å². The van der Waals surface area contributed by atoms with Crippen LogP contribution in [0.2, 0.25) is 0 Å². The highest BCUT2D eigenvalue weighted by Gasteiger charge is 1.97. The van der Waals surface area contributed by atoms with Crippen LogP contribution in [0.4, 0.5) is 0 Å². The number of nitrogens with zero attached hydrogens (tertiary/aromatic N) is 1. The fourth-order valence-corrected chi connectivity index (χ4v) is 1.03. The maximum absolute atomic E-state index is 9.04. The molecule has 0 aliphatic carbocycles. The highest BCUT2D eigenvalue weighted by atomic mass is 16.5. The van der Waals surface area contributed by atoms with Crippen molar-refractivity contribution < 1.29 is 14.4 Å². The third-order valence-corrected chi connectivity index (χ3v) is 1.75. The van der Waals surface area contributed by atoms with Gasteiger partial charge in [0.25, 0.3) is 0 Å². The van der Waals surface area contributed by atoms with Gasteiger partial charge in [0.05, 0.1) is 0 Å². The quantitative estimate of drug-likeness (QED) is 0.805. The number of phenols is 1. The Balaban J connectivity index is 1.95. The van der Waals surface area contributed by atoms with Gasteiger partial charge in [-0.3, -0.25) is 0 Å². The summed E-state index contributed by atoms with van der Waals surface area (Å²) in [7, 11) is 0. The van der Waals surface area contributed by atoms with E-state index in [0.717, 1.165) is 5.56 Å². The number of hydrogen-bond donors (Lipinski definition) is 1. The van der Waals surface area contributed by atoms with Crippen LogP contribution in [-0.4, -0.2) is 10.3 Å². The maximum atomic E-state index is 9.04. The summed E-state index contributed by atoms with van der Waals surface area (Å²) in [5, 5.41) is 12.6. The standard InChI is InChI=1S/C10H9NO3/c12-9-3-1-8(2-4-9)6-13-10-5-11-14-7-10/h1-5,7,12H,6H2. The maximum Gasteiger partial charge on any atom is 0.179 e. The molecular formula is C10H9NO3. The Morgan fingerprint density at radius 2 is 2.07 bits per heavy atom. The van der Waals surface area contributed by atoms with Crippen LogP contribution >= 0.6 is 0 Å². The number of rotatable bonds is 3. The lowest BCUT2D eigenvalue weighted by molar-refractivity contribution is 0.301. The molecule has 1 N–H and O–H groups in total. The number of phenolic OH excluding ortho intramolecular Hbond substituents is 1. The molecule has 1 heterocycles. The molecule has 0 bridgehead atoms. The summed E-state index contributed by atoms with van der Waals surface area (Å²) in [5.74, 6) is 0.844. The van der Waals surface area contributed by atoms with Gasteiger partial charge in [-0.2, -0.15) is 0 Å². The Labute approximate surface area is 80.7 Å². The van der Waals surface area contributed by atoms with Gasteiger partial charge in [0.2, 0.25) is 0 Å².